The van der Waals surface area contributed by atoms with Gasteiger partial charge in [-0.05, 0) is 6.42 Å². The zero-order valence-corrected chi connectivity index (χ0v) is 9.17. The van der Waals surface area contributed by atoms with Crippen molar-refractivity contribution in [2.75, 3.05) is 0 Å². The lowest BCUT2D eigenvalue weighted by Gasteiger charge is -2.12. The van der Waals surface area contributed by atoms with Gasteiger partial charge in [-0.3, -0.25) is 0 Å². The Labute approximate surface area is 101 Å². The molecule has 1 aromatic rings. The van der Waals surface area contributed by atoms with Gasteiger partial charge in [-0.25, -0.2) is 18.0 Å². The van der Waals surface area contributed by atoms with E-state index in [9.17, 15) is 35.5 Å². The van der Waals surface area contributed by atoms with E-state index in [4.69, 9.17) is 0 Å². The van der Waals surface area contributed by atoms with Crippen LogP contribution in [0.1, 0.15) is 12.5 Å². The normalized spacial score (nSPS) is 11.6. The molecular weight excluding hydrogens is 285 g/mol. The molecule has 2 nitrogen and oxygen atoms in total. The van der Waals surface area contributed by atoms with Crippen LogP contribution in [0.2, 0.25) is 0 Å². The van der Waals surface area contributed by atoms with E-state index in [2.05, 4.69) is 4.74 Å². The van der Waals surface area contributed by atoms with E-state index >= 15 is 0 Å². The lowest BCUT2D eigenvalue weighted by Crippen LogP contribution is -2.29. The fourth-order valence-corrected chi connectivity index (χ4v) is 1.21. The average molecular weight is 290 g/mol. The second-order valence-electron chi connectivity index (χ2n) is 3.30. The Morgan fingerprint density at radius 1 is 1.00 bits per heavy atom. The third-order valence-corrected chi connectivity index (χ3v) is 2.09. The molecule has 0 aliphatic heterocycles. The zero-order valence-electron chi connectivity index (χ0n) is 9.17. The van der Waals surface area contributed by atoms with Gasteiger partial charge in [-0.1, -0.05) is 6.92 Å². The largest absolute Gasteiger partial charge is 0.491 e. The van der Waals surface area contributed by atoms with Crippen LogP contribution in [0.25, 0.3) is 0 Å². The van der Waals surface area contributed by atoms with Gasteiger partial charge in [0.1, 0.15) is 0 Å². The maximum absolute atomic E-state index is 13.4. The number of benzene rings is 1. The molecule has 0 N–H and O–H groups in total. The third-order valence-electron chi connectivity index (χ3n) is 2.09. The Balaban J connectivity index is 3.37. The molecule has 0 aliphatic carbocycles. The molecular formula is C10H5F7O2. The van der Waals surface area contributed by atoms with Crippen LogP contribution in [0.15, 0.2) is 0 Å². The highest BCUT2D eigenvalue weighted by Crippen LogP contribution is 2.32. The number of esters is 1. The number of hydrogen-bond donors (Lipinski definition) is 0. The summed E-state index contributed by atoms with van der Waals surface area (Å²) in [5.41, 5.74) is -1.02. The van der Waals surface area contributed by atoms with Crippen LogP contribution in [-0.2, 0) is 11.2 Å². The van der Waals surface area contributed by atoms with Gasteiger partial charge in [-0.15, -0.1) is 0 Å². The first-order chi connectivity index (χ1) is 8.61. The molecule has 0 unspecified atom stereocenters. The maximum Gasteiger partial charge on any atom is 0.491 e. The van der Waals surface area contributed by atoms with E-state index in [1.807, 2.05) is 0 Å². The summed E-state index contributed by atoms with van der Waals surface area (Å²) in [6.07, 6.45) is -6.01. The number of ether oxygens (including phenoxy) is 1. The molecule has 0 fully saturated rings. The monoisotopic (exact) mass is 290 g/mol. The highest BCUT2D eigenvalue weighted by atomic mass is 19.4. The number of alkyl halides is 3. The van der Waals surface area contributed by atoms with Gasteiger partial charge in [0.15, 0.2) is 17.5 Å². The van der Waals surface area contributed by atoms with Gasteiger partial charge >= 0.3 is 12.1 Å². The summed E-state index contributed by atoms with van der Waals surface area (Å²) in [6.45, 7) is 1.15. The Hall–Kier alpha value is -1.80. The molecule has 0 spiro atoms. The molecule has 0 amide bonds. The molecule has 9 heteroatoms. The summed E-state index contributed by atoms with van der Waals surface area (Å²) in [7, 11) is 0. The summed E-state index contributed by atoms with van der Waals surface area (Å²) in [5, 5.41) is 0. The summed E-state index contributed by atoms with van der Waals surface area (Å²) >= 11 is 0. The fraction of sp³-hybridized carbons (Fsp3) is 0.300. The number of halogens is 7. The molecule has 0 bridgehead atoms. The van der Waals surface area contributed by atoms with Gasteiger partial charge in [-0.2, -0.15) is 17.6 Å². The van der Waals surface area contributed by atoms with Crippen molar-refractivity contribution in [2.45, 2.75) is 19.5 Å². The third kappa shape index (κ3) is 2.79. The van der Waals surface area contributed by atoms with Crippen LogP contribution in [0.5, 0.6) is 5.75 Å². The predicted molar refractivity (Wildman–Crippen MR) is 47.3 cm³/mol. The molecule has 19 heavy (non-hydrogen) atoms. The topological polar surface area (TPSA) is 26.3 Å². The van der Waals surface area contributed by atoms with Crippen LogP contribution < -0.4 is 4.74 Å². The van der Waals surface area contributed by atoms with Crippen molar-refractivity contribution in [3.05, 3.63) is 28.8 Å². The van der Waals surface area contributed by atoms with E-state index in [0.717, 1.165) is 6.92 Å². The molecule has 0 aromatic heterocycles. The van der Waals surface area contributed by atoms with Crippen molar-refractivity contribution in [1.82, 2.24) is 0 Å². The van der Waals surface area contributed by atoms with E-state index in [1.54, 1.807) is 0 Å². The highest BCUT2D eigenvalue weighted by molar-refractivity contribution is 5.78. The van der Waals surface area contributed by atoms with Gasteiger partial charge < -0.3 is 4.74 Å². The van der Waals surface area contributed by atoms with Crippen LogP contribution in [0.4, 0.5) is 30.7 Å². The minimum atomic E-state index is -5.53. The predicted octanol–water partition coefficient (Wildman–Crippen LogP) is 3.27. The van der Waals surface area contributed by atoms with E-state index < -0.39 is 53.1 Å². The Kier molecular flexibility index (Phi) is 4.06. The molecule has 0 radical (unpaired) electrons. The molecule has 1 aromatic carbocycles. The first kappa shape index (κ1) is 15.3. The smallest absolute Gasteiger partial charge is 0.413 e. The summed E-state index contributed by atoms with van der Waals surface area (Å²) in [5.74, 6) is -13.2. The van der Waals surface area contributed by atoms with Crippen molar-refractivity contribution in [1.29, 1.82) is 0 Å². The number of rotatable bonds is 2. The van der Waals surface area contributed by atoms with Gasteiger partial charge in [0.2, 0.25) is 11.6 Å². The van der Waals surface area contributed by atoms with Crippen LogP contribution in [0.3, 0.4) is 0 Å². The summed E-state index contributed by atoms with van der Waals surface area (Å²) in [4.78, 5) is 10.4. The molecule has 1 rings (SSSR count). The van der Waals surface area contributed by atoms with E-state index in [-0.39, 0.29) is 0 Å². The SMILES string of the molecule is CCc1c(F)c(F)c(F)c(OC(=O)C(F)(F)F)c1F. The van der Waals surface area contributed by atoms with E-state index in [1.165, 1.54) is 0 Å². The Morgan fingerprint density at radius 3 is 1.95 bits per heavy atom. The second kappa shape index (κ2) is 5.06. The summed E-state index contributed by atoms with van der Waals surface area (Å²) in [6, 6.07) is 0. The van der Waals surface area contributed by atoms with Gasteiger partial charge in [0.05, 0.1) is 0 Å². The number of hydrogen-bond acceptors (Lipinski definition) is 2. The van der Waals surface area contributed by atoms with Crippen molar-refractivity contribution in [2.24, 2.45) is 0 Å². The molecule has 0 aliphatic rings. The minimum absolute atomic E-state index is 0.481. The molecule has 0 saturated heterocycles. The molecule has 0 saturated carbocycles. The number of carbonyl (C=O) groups is 1. The Bertz CT molecular complexity index is 522. The van der Waals surface area contributed by atoms with Crippen LogP contribution in [0, 0.1) is 23.3 Å². The Morgan fingerprint density at radius 2 is 1.53 bits per heavy atom. The van der Waals surface area contributed by atoms with Crippen molar-refractivity contribution >= 4 is 5.97 Å². The lowest BCUT2D eigenvalue weighted by atomic mass is 10.1. The summed E-state index contributed by atoms with van der Waals surface area (Å²) < 4.78 is 91.6. The van der Waals surface area contributed by atoms with Crippen molar-refractivity contribution in [3.63, 3.8) is 0 Å². The lowest BCUT2D eigenvalue weighted by molar-refractivity contribution is -0.190. The maximum atomic E-state index is 13.4. The highest BCUT2D eigenvalue weighted by Gasteiger charge is 2.43. The standard InChI is InChI=1S/C10H5F7O2/c1-2-3-4(11)6(13)7(14)8(5(3)12)19-9(18)10(15,16)17/h2H2,1H3. The van der Waals surface area contributed by atoms with Gasteiger partial charge in [0.25, 0.3) is 0 Å². The quantitative estimate of drug-likeness (QED) is 0.275. The minimum Gasteiger partial charge on any atom is -0.413 e. The van der Waals surface area contributed by atoms with Crippen molar-refractivity contribution in [3.8, 4) is 5.75 Å². The second-order valence-corrected chi connectivity index (χ2v) is 3.30. The van der Waals surface area contributed by atoms with Crippen LogP contribution in [-0.4, -0.2) is 12.1 Å². The molecule has 106 valence electrons. The zero-order chi connectivity index (χ0) is 15.0. The molecule has 0 atom stereocenters. The first-order valence-electron chi connectivity index (χ1n) is 4.75. The molecule has 0 heterocycles. The average Bonchev–Trinajstić information content (AvgIpc) is 2.31. The van der Waals surface area contributed by atoms with Crippen molar-refractivity contribution < 1.29 is 40.3 Å². The first-order valence-corrected chi connectivity index (χ1v) is 4.75. The van der Waals surface area contributed by atoms with Crippen LogP contribution >= 0.6 is 0 Å². The number of carbonyl (C=O) groups excluding carboxylic acids is 1. The fourth-order valence-electron chi connectivity index (χ4n) is 1.21. The van der Waals surface area contributed by atoms with E-state index in [0.29, 0.717) is 0 Å². The van der Waals surface area contributed by atoms with Gasteiger partial charge in [0, 0.05) is 5.56 Å².